The molecule has 0 unspecified atom stereocenters. The number of carbonyl (C=O) groups is 1. The first-order valence-electron chi connectivity index (χ1n) is 6.76. The summed E-state index contributed by atoms with van der Waals surface area (Å²) in [6, 6.07) is 16.0. The van der Waals surface area contributed by atoms with Crippen molar-refractivity contribution in [2.75, 3.05) is 11.1 Å². The molecule has 0 spiro atoms. The minimum Gasteiger partial charge on any atom is -0.325 e. The van der Waals surface area contributed by atoms with Crippen molar-refractivity contribution in [2.45, 2.75) is 18.6 Å². The molecule has 110 valence electrons. The van der Waals surface area contributed by atoms with Gasteiger partial charge in [0.25, 0.3) is 0 Å². The number of halogens is 1. The maximum absolute atomic E-state index is 11.9. The third kappa shape index (κ3) is 5.10. The van der Waals surface area contributed by atoms with Gasteiger partial charge in [-0.3, -0.25) is 4.79 Å². The Kier molecular flexibility index (Phi) is 6.15. The maximum Gasteiger partial charge on any atom is 0.234 e. The second kappa shape index (κ2) is 8.11. The van der Waals surface area contributed by atoms with E-state index in [2.05, 4.69) is 17.4 Å². The van der Waals surface area contributed by atoms with Crippen LogP contribution >= 0.6 is 23.4 Å². The number of nitrogens with one attached hydrogen (secondary N) is 1. The Morgan fingerprint density at radius 2 is 1.76 bits per heavy atom. The summed E-state index contributed by atoms with van der Waals surface area (Å²) < 4.78 is 0. The number of benzene rings is 2. The topological polar surface area (TPSA) is 29.1 Å². The predicted molar refractivity (Wildman–Crippen MR) is 92.0 cm³/mol. The molecule has 4 heteroatoms. The molecule has 0 saturated heterocycles. The first-order valence-corrected chi connectivity index (χ1v) is 8.45. The van der Waals surface area contributed by atoms with Crippen molar-refractivity contribution in [3.63, 3.8) is 0 Å². The smallest absolute Gasteiger partial charge is 0.234 e. The second-order valence-corrected chi connectivity index (χ2v) is 6.06. The van der Waals surface area contributed by atoms with E-state index < -0.39 is 0 Å². The number of carbonyl (C=O) groups excluding carboxylic acids is 1. The number of hydrogen-bond donors (Lipinski definition) is 1. The quantitative estimate of drug-likeness (QED) is 0.788. The molecule has 0 saturated carbocycles. The standard InChI is InChI=1S/C17H18ClNOS/c1-13-4-2-3-5-16(13)19-17(20)12-21-11-15-8-6-14(10-18)7-9-15/h2-9H,10-12H2,1H3,(H,19,20). The number of aryl methyl sites for hydroxylation is 1. The van der Waals surface area contributed by atoms with Crippen molar-refractivity contribution in [3.05, 3.63) is 65.2 Å². The molecule has 0 atom stereocenters. The van der Waals surface area contributed by atoms with Crippen molar-refractivity contribution < 1.29 is 4.79 Å². The average molecular weight is 320 g/mol. The molecule has 0 aliphatic carbocycles. The van der Waals surface area contributed by atoms with Gasteiger partial charge in [0, 0.05) is 17.3 Å². The number of anilines is 1. The Morgan fingerprint density at radius 1 is 1.10 bits per heavy atom. The van der Waals surface area contributed by atoms with Crippen molar-refractivity contribution in [1.29, 1.82) is 0 Å². The highest BCUT2D eigenvalue weighted by atomic mass is 35.5. The Morgan fingerprint density at radius 3 is 2.43 bits per heavy atom. The van der Waals surface area contributed by atoms with Gasteiger partial charge in [0.2, 0.25) is 5.91 Å². The van der Waals surface area contributed by atoms with Gasteiger partial charge in [-0.15, -0.1) is 23.4 Å². The largest absolute Gasteiger partial charge is 0.325 e. The predicted octanol–water partition coefficient (Wildman–Crippen LogP) is 4.61. The fraction of sp³-hybridized carbons (Fsp3) is 0.235. The van der Waals surface area contributed by atoms with Crippen molar-refractivity contribution in [1.82, 2.24) is 0 Å². The van der Waals surface area contributed by atoms with Crippen LogP contribution in [0.3, 0.4) is 0 Å². The fourth-order valence-corrected chi connectivity index (χ4v) is 2.85. The van der Waals surface area contributed by atoms with Crippen LogP contribution in [-0.4, -0.2) is 11.7 Å². The Bertz CT molecular complexity index is 598. The molecule has 1 N–H and O–H groups in total. The minimum atomic E-state index is 0.0340. The molecule has 0 radical (unpaired) electrons. The second-order valence-electron chi connectivity index (χ2n) is 4.81. The molecule has 1 amide bonds. The van der Waals surface area contributed by atoms with E-state index in [4.69, 9.17) is 11.6 Å². The Balaban J connectivity index is 1.77. The van der Waals surface area contributed by atoms with Gasteiger partial charge in [0.05, 0.1) is 5.75 Å². The zero-order chi connectivity index (χ0) is 15.1. The van der Waals surface area contributed by atoms with Gasteiger partial charge in [-0.25, -0.2) is 0 Å². The third-order valence-electron chi connectivity index (χ3n) is 3.10. The van der Waals surface area contributed by atoms with Gasteiger partial charge >= 0.3 is 0 Å². The van der Waals surface area contributed by atoms with Crippen LogP contribution in [0.15, 0.2) is 48.5 Å². The number of alkyl halides is 1. The highest BCUT2D eigenvalue weighted by Gasteiger charge is 2.04. The average Bonchev–Trinajstić information content (AvgIpc) is 2.50. The van der Waals surface area contributed by atoms with E-state index in [9.17, 15) is 4.79 Å². The molecule has 2 nitrogen and oxygen atoms in total. The van der Waals surface area contributed by atoms with E-state index in [1.165, 1.54) is 5.56 Å². The molecular formula is C17H18ClNOS. The fourth-order valence-electron chi connectivity index (χ4n) is 1.89. The molecule has 21 heavy (non-hydrogen) atoms. The number of para-hydroxylation sites is 1. The molecule has 2 rings (SSSR count). The van der Waals surface area contributed by atoms with Gasteiger partial charge in [0.15, 0.2) is 0 Å². The molecule has 2 aromatic carbocycles. The molecule has 0 fully saturated rings. The van der Waals surface area contributed by atoms with Crippen LogP contribution in [-0.2, 0) is 16.4 Å². The maximum atomic E-state index is 11.9. The van der Waals surface area contributed by atoms with Crippen molar-refractivity contribution in [2.24, 2.45) is 0 Å². The molecule has 0 aromatic heterocycles. The van der Waals surface area contributed by atoms with Crippen LogP contribution in [0.4, 0.5) is 5.69 Å². The zero-order valence-corrected chi connectivity index (χ0v) is 13.5. The summed E-state index contributed by atoms with van der Waals surface area (Å²) in [6.45, 7) is 1.99. The number of thioether (sulfide) groups is 1. The molecule has 0 aliphatic heterocycles. The van der Waals surface area contributed by atoms with Crippen LogP contribution in [0.5, 0.6) is 0 Å². The monoisotopic (exact) mass is 319 g/mol. The molecule has 0 heterocycles. The lowest BCUT2D eigenvalue weighted by molar-refractivity contribution is -0.113. The van der Waals surface area contributed by atoms with Crippen LogP contribution in [0.2, 0.25) is 0 Å². The summed E-state index contributed by atoms with van der Waals surface area (Å²) >= 11 is 7.36. The van der Waals surface area contributed by atoms with Gasteiger partial charge in [-0.2, -0.15) is 0 Å². The van der Waals surface area contributed by atoms with E-state index >= 15 is 0 Å². The lowest BCUT2D eigenvalue weighted by Gasteiger charge is -2.08. The number of amides is 1. The lowest BCUT2D eigenvalue weighted by Crippen LogP contribution is -2.14. The zero-order valence-electron chi connectivity index (χ0n) is 11.9. The van der Waals surface area contributed by atoms with Crippen molar-refractivity contribution >= 4 is 35.0 Å². The highest BCUT2D eigenvalue weighted by molar-refractivity contribution is 7.99. The van der Waals surface area contributed by atoms with Crippen molar-refractivity contribution in [3.8, 4) is 0 Å². The molecule has 0 bridgehead atoms. The first-order chi connectivity index (χ1) is 10.2. The summed E-state index contributed by atoms with van der Waals surface area (Å²) in [5.41, 5.74) is 4.28. The van der Waals surface area contributed by atoms with E-state index in [-0.39, 0.29) is 5.91 Å². The molecule has 2 aromatic rings. The van der Waals surface area contributed by atoms with E-state index in [0.717, 1.165) is 22.6 Å². The number of hydrogen-bond acceptors (Lipinski definition) is 2. The molecular weight excluding hydrogens is 302 g/mol. The minimum absolute atomic E-state index is 0.0340. The summed E-state index contributed by atoms with van der Waals surface area (Å²) in [6.07, 6.45) is 0. The highest BCUT2D eigenvalue weighted by Crippen LogP contribution is 2.16. The summed E-state index contributed by atoms with van der Waals surface area (Å²) in [7, 11) is 0. The molecule has 0 aliphatic rings. The lowest BCUT2D eigenvalue weighted by atomic mass is 10.2. The summed E-state index contributed by atoms with van der Waals surface area (Å²) in [4.78, 5) is 11.9. The Labute approximate surface area is 134 Å². The first kappa shape index (κ1) is 15.9. The summed E-state index contributed by atoms with van der Waals surface area (Å²) in [5.74, 6) is 1.84. The Hall–Kier alpha value is -1.45. The van der Waals surface area contributed by atoms with Crippen LogP contribution in [0, 0.1) is 6.92 Å². The van der Waals surface area contributed by atoms with E-state index in [1.54, 1.807) is 11.8 Å². The van der Waals surface area contributed by atoms with Gasteiger partial charge in [0.1, 0.15) is 0 Å². The van der Waals surface area contributed by atoms with Crippen LogP contribution < -0.4 is 5.32 Å². The SMILES string of the molecule is Cc1ccccc1NC(=O)CSCc1ccc(CCl)cc1. The normalized spacial score (nSPS) is 10.4. The van der Waals surface area contributed by atoms with E-state index in [0.29, 0.717) is 11.6 Å². The number of rotatable bonds is 6. The van der Waals surface area contributed by atoms with Gasteiger partial charge in [-0.1, -0.05) is 42.5 Å². The van der Waals surface area contributed by atoms with Gasteiger partial charge in [-0.05, 0) is 29.7 Å². The van der Waals surface area contributed by atoms with Crippen LogP contribution in [0.25, 0.3) is 0 Å². The third-order valence-corrected chi connectivity index (χ3v) is 4.41. The summed E-state index contributed by atoms with van der Waals surface area (Å²) in [5, 5.41) is 2.94. The van der Waals surface area contributed by atoms with Gasteiger partial charge < -0.3 is 5.32 Å². The van der Waals surface area contributed by atoms with E-state index in [1.807, 2.05) is 43.3 Å². The van der Waals surface area contributed by atoms with Crippen LogP contribution in [0.1, 0.15) is 16.7 Å².